The number of fused-ring (bicyclic) bond motifs is 1. The first-order chi connectivity index (χ1) is 9.89. The van der Waals surface area contributed by atoms with Crippen molar-refractivity contribution in [1.29, 1.82) is 0 Å². The van der Waals surface area contributed by atoms with E-state index in [9.17, 15) is 13.2 Å². The summed E-state index contributed by atoms with van der Waals surface area (Å²) in [5.74, 6) is -0.465. The fraction of sp³-hybridized carbons (Fsp3) is 0.133. The standard InChI is InChI=1S/C15H12ClNO3S/c1-10-2-6-13(7-3-10)21(19,20)17-14-9-12(16)5-4-11(14)8-15(17)18/h2-7,9H,8H2,1H3. The molecule has 0 unspecified atom stereocenters. The number of carbonyl (C=O) groups excluding carboxylic acids is 1. The number of benzene rings is 2. The molecule has 1 amide bonds. The summed E-state index contributed by atoms with van der Waals surface area (Å²) in [5.41, 5.74) is 1.96. The van der Waals surface area contributed by atoms with E-state index < -0.39 is 15.9 Å². The van der Waals surface area contributed by atoms with Crippen molar-refractivity contribution in [2.45, 2.75) is 18.2 Å². The van der Waals surface area contributed by atoms with E-state index in [0.29, 0.717) is 16.3 Å². The molecular weight excluding hydrogens is 310 g/mol. The molecule has 1 heterocycles. The Kier molecular flexibility index (Phi) is 3.26. The Balaban J connectivity index is 2.14. The highest BCUT2D eigenvalue weighted by atomic mass is 35.5. The van der Waals surface area contributed by atoms with Crippen LogP contribution in [-0.2, 0) is 21.2 Å². The molecule has 2 aromatic carbocycles. The van der Waals surface area contributed by atoms with E-state index in [1.165, 1.54) is 18.2 Å². The summed E-state index contributed by atoms with van der Waals surface area (Å²) in [5, 5.41) is 0.396. The summed E-state index contributed by atoms with van der Waals surface area (Å²) < 4.78 is 26.2. The van der Waals surface area contributed by atoms with Crippen LogP contribution in [0.2, 0.25) is 5.02 Å². The van der Waals surface area contributed by atoms with E-state index in [-0.39, 0.29) is 11.3 Å². The Morgan fingerprint density at radius 3 is 2.43 bits per heavy atom. The Labute approximate surface area is 128 Å². The maximum Gasteiger partial charge on any atom is 0.270 e. The van der Waals surface area contributed by atoms with E-state index in [2.05, 4.69) is 0 Å². The maximum atomic E-state index is 12.7. The topological polar surface area (TPSA) is 54.5 Å². The van der Waals surface area contributed by atoms with Gasteiger partial charge in [-0.15, -0.1) is 0 Å². The lowest BCUT2D eigenvalue weighted by atomic mass is 10.2. The van der Waals surface area contributed by atoms with Gasteiger partial charge in [-0.2, -0.15) is 0 Å². The molecule has 21 heavy (non-hydrogen) atoms. The molecule has 0 saturated heterocycles. The van der Waals surface area contributed by atoms with Crippen molar-refractivity contribution in [3.63, 3.8) is 0 Å². The summed E-state index contributed by atoms with van der Waals surface area (Å²) in [6, 6.07) is 11.2. The third-order valence-corrected chi connectivity index (χ3v) is 5.38. The van der Waals surface area contributed by atoms with E-state index in [0.717, 1.165) is 9.87 Å². The molecule has 2 aromatic rings. The minimum absolute atomic E-state index is 0.0671. The number of hydrogen-bond donors (Lipinski definition) is 0. The van der Waals surface area contributed by atoms with Crippen LogP contribution >= 0.6 is 11.6 Å². The highest BCUT2D eigenvalue weighted by Crippen LogP contribution is 2.35. The van der Waals surface area contributed by atoms with Gasteiger partial charge in [0.2, 0.25) is 5.91 Å². The molecule has 0 atom stereocenters. The number of halogens is 1. The summed E-state index contributed by atoms with van der Waals surface area (Å²) in [6.45, 7) is 1.87. The highest BCUT2D eigenvalue weighted by Gasteiger charge is 2.37. The van der Waals surface area contributed by atoms with Crippen molar-refractivity contribution < 1.29 is 13.2 Å². The SMILES string of the molecule is Cc1ccc(S(=O)(=O)N2C(=O)Cc3ccc(Cl)cc32)cc1. The van der Waals surface area contributed by atoms with Gasteiger partial charge in [0, 0.05) is 5.02 Å². The van der Waals surface area contributed by atoms with Gasteiger partial charge < -0.3 is 0 Å². The van der Waals surface area contributed by atoms with Crippen LogP contribution in [0.1, 0.15) is 11.1 Å². The maximum absolute atomic E-state index is 12.7. The number of carbonyl (C=O) groups is 1. The summed E-state index contributed by atoms with van der Waals surface area (Å²) in [7, 11) is -3.91. The van der Waals surface area contributed by atoms with Crippen molar-refractivity contribution in [2.24, 2.45) is 0 Å². The molecule has 3 rings (SSSR count). The quantitative estimate of drug-likeness (QED) is 0.854. The first kappa shape index (κ1) is 14.1. The van der Waals surface area contributed by atoms with Crippen LogP contribution in [0.4, 0.5) is 5.69 Å². The zero-order valence-electron chi connectivity index (χ0n) is 11.2. The van der Waals surface area contributed by atoms with Gasteiger partial charge in [-0.3, -0.25) is 4.79 Å². The zero-order chi connectivity index (χ0) is 15.2. The Morgan fingerprint density at radius 2 is 1.76 bits per heavy atom. The van der Waals surface area contributed by atoms with Gasteiger partial charge >= 0.3 is 0 Å². The molecule has 108 valence electrons. The van der Waals surface area contributed by atoms with Crippen LogP contribution in [0, 0.1) is 6.92 Å². The molecule has 0 aliphatic carbocycles. The van der Waals surface area contributed by atoms with Gasteiger partial charge in [0.15, 0.2) is 0 Å². The minimum Gasteiger partial charge on any atom is -0.273 e. The van der Waals surface area contributed by atoms with Crippen LogP contribution in [-0.4, -0.2) is 14.3 Å². The average Bonchev–Trinajstić information content (AvgIpc) is 2.75. The molecule has 0 bridgehead atoms. The van der Waals surface area contributed by atoms with E-state index in [1.807, 2.05) is 6.92 Å². The molecule has 1 aliphatic rings. The minimum atomic E-state index is -3.91. The third kappa shape index (κ3) is 2.32. The number of rotatable bonds is 2. The number of aryl methyl sites for hydroxylation is 1. The van der Waals surface area contributed by atoms with Gasteiger partial charge in [0.1, 0.15) is 0 Å². The van der Waals surface area contributed by atoms with E-state index >= 15 is 0 Å². The largest absolute Gasteiger partial charge is 0.273 e. The molecule has 6 heteroatoms. The molecule has 0 aromatic heterocycles. The number of amides is 1. The smallest absolute Gasteiger partial charge is 0.270 e. The first-order valence-corrected chi connectivity index (χ1v) is 8.14. The first-order valence-electron chi connectivity index (χ1n) is 6.33. The van der Waals surface area contributed by atoms with Gasteiger partial charge in [-0.1, -0.05) is 35.4 Å². The van der Waals surface area contributed by atoms with Crippen molar-refractivity contribution in [1.82, 2.24) is 0 Å². The number of nitrogens with zero attached hydrogens (tertiary/aromatic N) is 1. The number of anilines is 1. The molecule has 4 nitrogen and oxygen atoms in total. The Morgan fingerprint density at radius 1 is 1.10 bits per heavy atom. The van der Waals surface area contributed by atoms with Gasteiger partial charge in [-0.05, 0) is 36.8 Å². The molecule has 0 radical (unpaired) electrons. The normalized spacial score (nSPS) is 14.4. The van der Waals surface area contributed by atoms with Gasteiger partial charge in [-0.25, -0.2) is 12.7 Å². The number of sulfonamides is 1. The fourth-order valence-corrected chi connectivity index (χ4v) is 3.94. The van der Waals surface area contributed by atoms with Crippen LogP contribution in [0.3, 0.4) is 0 Å². The predicted octanol–water partition coefficient (Wildman–Crippen LogP) is 2.93. The average molecular weight is 322 g/mol. The molecule has 0 N–H and O–H groups in total. The Bertz CT molecular complexity index is 828. The van der Waals surface area contributed by atoms with Crippen LogP contribution in [0.15, 0.2) is 47.4 Å². The lowest BCUT2D eigenvalue weighted by Crippen LogP contribution is -2.33. The fourth-order valence-electron chi connectivity index (χ4n) is 2.32. The van der Waals surface area contributed by atoms with Gasteiger partial charge in [0.05, 0.1) is 17.0 Å². The number of hydrogen-bond acceptors (Lipinski definition) is 3. The summed E-state index contributed by atoms with van der Waals surface area (Å²) in [6.07, 6.45) is 0.0671. The van der Waals surface area contributed by atoms with Crippen molar-refractivity contribution >= 4 is 33.2 Å². The second-order valence-electron chi connectivity index (χ2n) is 4.93. The van der Waals surface area contributed by atoms with E-state index in [4.69, 9.17) is 11.6 Å². The Hall–Kier alpha value is -1.85. The van der Waals surface area contributed by atoms with E-state index in [1.54, 1.807) is 24.3 Å². The molecule has 0 fully saturated rings. The van der Waals surface area contributed by atoms with Crippen LogP contribution < -0.4 is 4.31 Å². The molecule has 1 aliphatic heterocycles. The highest BCUT2D eigenvalue weighted by molar-refractivity contribution is 7.93. The monoisotopic (exact) mass is 321 g/mol. The summed E-state index contributed by atoms with van der Waals surface area (Å²) >= 11 is 5.92. The third-order valence-electron chi connectivity index (χ3n) is 3.39. The van der Waals surface area contributed by atoms with Gasteiger partial charge in [0.25, 0.3) is 10.0 Å². The lowest BCUT2D eigenvalue weighted by Gasteiger charge is -2.18. The molecular formula is C15H12ClNO3S. The molecule has 0 saturated carbocycles. The summed E-state index contributed by atoms with van der Waals surface area (Å²) in [4.78, 5) is 12.2. The predicted molar refractivity (Wildman–Crippen MR) is 81.0 cm³/mol. The zero-order valence-corrected chi connectivity index (χ0v) is 12.8. The second-order valence-corrected chi connectivity index (χ2v) is 7.15. The molecule has 0 spiro atoms. The second kappa shape index (κ2) is 4.86. The van der Waals surface area contributed by atoms with Crippen LogP contribution in [0.5, 0.6) is 0 Å². The van der Waals surface area contributed by atoms with Crippen molar-refractivity contribution in [3.8, 4) is 0 Å². The van der Waals surface area contributed by atoms with Crippen molar-refractivity contribution in [3.05, 3.63) is 58.6 Å². The van der Waals surface area contributed by atoms with Crippen LogP contribution in [0.25, 0.3) is 0 Å². The van der Waals surface area contributed by atoms with Crippen molar-refractivity contribution in [2.75, 3.05) is 4.31 Å². The lowest BCUT2D eigenvalue weighted by molar-refractivity contribution is -0.116.